The van der Waals surface area contributed by atoms with Crippen LogP contribution in [0.3, 0.4) is 0 Å². The van der Waals surface area contributed by atoms with Gasteiger partial charge in [-0.3, -0.25) is 9.98 Å². The summed E-state index contributed by atoms with van der Waals surface area (Å²) in [6, 6.07) is 13.0. The Labute approximate surface area is 248 Å². The SMILES string of the molecule is C[C@H](N)CCCc1cc(Cl)c(F)c(-c2cc3cn(-c4ccc(N5CCO[C@H](CCNC(=N)N)C5)cc4)c(=O)nc3[nH]2)c1. The molecule has 0 bridgehead atoms. The number of anilines is 1. The zero-order valence-corrected chi connectivity index (χ0v) is 24.3. The number of morpholine rings is 1. The van der Waals surface area contributed by atoms with Crippen LogP contribution in [0.5, 0.6) is 0 Å². The van der Waals surface area contributed by atoms with E-state index in [9.17, 15) is 4.79 Å². The van der Waals surface area contributed by atoms with Gasteiger partial charge in [0.05, 0.1) is 29.1 Å². The third kappa shape index (κ3) is 6.92. The van der Waals surface area contributed by atoms with Crippen LogP contribution in [0.15, 0.2) is 53.5 Å². The topological polar surface area (TPSA) is 151 Å². The number of nitrogens with zero attached hydrogens (tertiary/aromatic N) is 3. The van der Waals surface area contributed by atoms with E-state index in [1.54, 1.807) is 24.4 Å². The molecule has 1 saturated heterocycles. The molecule has 0 saturated carbocycles. The van der Waals surface area contributed by atoms with Crippen LogP contribution in [0, 0.1) is 11.2 Å². The second-order valence-corrected chi connectivity index (χ2v) is 11.2. The molecular weight excluding hydrogens is 559 g/mol. The van der Waals surface area contributed by atoms with Gasteiger partial charge in [0.15, 0.2) is 11.8 Å². The smallest absolute Gasteiger partial charge is 0.354 e. The molecule has 10 nitrogen and oxygen atoms in total. The van der Waals surface area contributed by atoms with E-state index in [0.717, 1.165) is 43.5 Å². The summed E-state index contributed by atoms with van der Waals surface area (Å²) in [6.07, 6.45) is 4.94. The molecule has 0 radical (unpaired) electrons. The van der Waals surface area contributed by atoms with Crippen molar-refractivity contribution < 1.29 is 9.13 Å². The van der Waals surface area contributed by atoms with Gasteiger partial charge in [-0.25, -0.2) is 9.18 Å². The van der Waals surface area contributed by atoms with Gasteiger partial charge >= 0.3 is 5.69 Å². The van der Waals surface area contributed by atoms with Crippen LogP contribution in [0.25, 0.3) is 28.0 Å². The molecule has 1 fully saturated rings. The van der Waals surface area contributed by atoms with Crippen molar-refractivity contribution in [1.82, 2.24) is 19.9 Å². The quantitative estimate of drug-likeness (QED) is 0.138. The first kappa shape index (κ1) is 29.6. The second kappa shape index (κ2) is 12.9. The van der Waals surface area contributed by atoms with Gasteiger partial charge < -0.3 is 31.4 Å². The van der Waals surface area contributed by atoms with E-state index in [1.165, 1.54) is 4.57 Å². The van der Waals surface area contributed by atoms with Crippen molar-refractivity contribution in [3.63, 3.8) is 0 Å². The first-order valence-electron chi connectivity index (χ1n) is 14.1. The Kier molecular flexibility index (Phi) is 9.10. The monoisotopic (exact) mass is 594 g/mol. The number of fused-ring (bicyclic) bond motifs is 1. The number of aromatic nitrogens is 3. The predicted octanol–water partition coefficient (Wildman–Crippen LogP) is 3.92. The van der Waals surface area contributed by atoms with Gasteiger partial charge in [0, 0.05) is 48.5 Å². The first-order valence-corrected chi connectivity index (χ1v) is 14.5. The average Bonchev–Trinajstić information content (AvgIpc) is 3.37. The number of nitrogens with one attached hydrogen (secondary N) is 3. The summed E-state index contributed by atoms with van der Waals surface area (Å²) in [5, 5.41) is 10.8. The van der Waals surface area contributed by atoms with Crippen molar-refractivity contribution in [2.75, 3.05) is 31.1 Å². The van der Waals surface area contributed by atoms with Gasteiger partial charge in [0.25, 0.3) is 0 Å². The minimum Gasteiger partial charge on any atom is -0.374 e. The number of hydrogen-bond donors (Lipinski definition) is 5. The lowest BCUT2D eigenvalue weighted by molar-refractivity contribution is 0.0362. The fourth-order valence-electron chi connectivity index (χ4n) is 5.26. The number of halogens is 2. The molecule has 2 aromatic carbocycles. The highest BCUT2D eigenvalue weighted by molar-refractivity contribution is 6.31. The predicted molar refractivity (Wildman–Crippen MR) is 165 cm³/mol. The molecule has 0 amide bonds. The molecule has 3 heterocycles. The minimum absolute atomic E-state index is 0.0253. The number of hydrogen-bond acceptors (Lipinski definition) is 6. The second-order valence-electron chi connectivity index (χ2n) is 10.8. The van der Waals surface area contributed by atoms with Crippen molar-refractivity contribution in [2.24, 2.45) is 11.5 Å². The molecule has 2 aromatic heterocycles. The third-order valence-corrected chi connectivity index (χ3v) is 7.70. The Morgan fingerprint density at radius 1 is 1.29 bits per heavy atom. The number of benzene rings is 2. The Morgan fingerprint density at radius 2 is 2.05 bits per heavy atom. The van der Waals surface area contributed by atoms with E-state index < -0.39 is 11.5 Å². The van der Waals surface area contributed by atoms with Crippen molar-refractivity contribution in [3.8, 4) is 16.9 Å². The van der Waals surface area contributed by atoms with Gasteiger partial charge in [-0.15, -0.1) is 0 Å². The maximum atomic E-state index is 15.1. The van der Waals surface area contributed by atoms with E-state index in [2.05, 4.69) is 20.2 Å². The number of aryl methyl sites for hydroxylation is 1. The van der Waals surface area contributed by atoms with Crippen molar-refractivity contribution >= 4 is 34.3 Å². The highest BCUT2D eigenvalue weighted by Crippen LogP contribution is 2.31. The summed E-state index contributed by atoms with van der Waals surface area (Å²) < 4.78 is 22.4. The molecule has 0 spiro atoms. The molecule has 4 aromatic rings. The van der Waals surface area contributed by atoms with E-state index >= 15 is 4.39 Å². The third-order valence-electron chi connectivity index (χ3n) is 7.42. The van der Waals surface area contributed by atoms with Crippen LogP contribution in [-0.4, -0.2) is 58.9 Å². The molecule has 7 N–H and O–H groups in total. The fraction of sp³-hybridized carbons (Fsp3) is 0.367. The summed E-state index contributed by atoms with van der Waals surface area (Å²) in [4.78, 5) is 22.5. The normalized spacial score (nSPS) is 16.1. The molecule has 0 unspecified atom stereocenters. The van der Waals surface area contributed by atoms with E-state index in [4.69, 9.17) is 33.2 Å². The molecule has 222 valence electrons. The maximum absolute atomic E-state index is 15.1. The van der Waals surface area contributed by atoms with Crippen LogP contribution in [0.4, 0.5) is 10.1 Å². The van der Waals surface area contributed by atoms with Gasteiger partial charge in [0.1, 0.15) is 5.65 Å². The first-order chi connectivity index (χ1) is 20.2. The number of guanidine groups is 1. The lowest BCUT2D eigenvalue weighted by Gasteiger charge is -2.34. The average molecular weight is 595 g/mol. The largest absolute Gasteiger partial charge is 0.374 e. The molecule has 12 heteroatoms. The summed E-state index contributed by atoms with van der Waals surface area (Å²) in [5.74, 6) is -0.572. The summed E-state index contributed by atoms with van der Waals surface area (Å²) in [7, 11) is 0. The Bertz CT molecular complexity index is 1620. The van der Waals surface area contributed by atoms with Crippen LogP contribution >= 0.6 is 11.6 Å². The van der Waals surface area contributed by atoms with Crippen LogP contribution in [-0.2, 0) is 11.2 Å². The van der Waals surface area contributed by atoms with Crippen molar-refractivity contribution in [1.29, 1.82) is 5.41 Å². The molecule has 2 atom stereocenters. The van der Waals surface area contributed by atoms with E-state index in [1.807, 2.05) is 31.2 Å². The van der Waals surface area contributed by atoms with Crippen molar-refractivity contribution in [2.45, 2.75) is 44.8 Å². The minimum atomic E-state index is -0.523. The maximum Gasteiger partial charge on any atom is 0.354 e. The molecule has 5 rings (SSSR count). The lowest BCUT2D eigenvalue weighted by atomic mass is 10.0. The van der Waals surface area contributed by atoms with E-state index in [0.29, 0.717) is 47.7 Å². The van der Waals surface area contributed by atoms with Gasteiger partial charge in [-0.05, 0) is 80.6 Å². The molecule has 1 aliphatic heterocycles. The zero-order chi connectivity index (χ0) is 29.8. The van der Waals surface area contributed by atoms with Crippen LogP contribution in [0.2, 0.25) is 5.02 Å². The lowest BCUT2D eigenvalue weighted by Crippen LogP contribution is -2.44. The number of rotatable bonds is 10. The zero-order valence-electron chi connectivity index (χ0n) is 23.5. The number of aromatic amines is 1. The van der Waals surface area contributed by atoms with Crippen LogP contribution in [0.1, 0.15) is 31.7 Å². The van der Waals surface area contributed by atoms with E-state index in [-0.39, 0.29) is 23.1 Å². The summed E-state index contributed by atoms with van der Waals surface area (Å²) in [5.41, 5.74) is 14.6. The molecule has 42 heavy (non-hydrogen) atoms. The molecule has 0 aliphatic carbocycles. The Morgan fingerprint density at radius 3 is 2.79 bits per heavy atom. The highest BCUT2D eigenvalue weighted by Gasteiger charge is 2.21. The molecular formula is C30H36ClFN8O2. The summed E-state index contributed by atoms with van der Waals surface area (Å²) >= 11 is 6.24. The highest BCUT2D eigenvalue weighted by atomic mass is 35.5. The van der Waals surface area contributed by atoms with Crippen molar-refractivity contribution in [3.05, 3.63) is 75.5 Å². The summed E-state index contributed by atoms with van der Waals surface area (Å²) in [6.45, 7) is 4.61. The van der Waals surface area contributed by atoms with Gasteiger partial charge in [0.2, 0.25) is 0 Å². The number of H-pyrrole nitrogens is 1. The number of ether oxygens (including phenoxy) is 1. The Hall–Kier alpha value is -3.93. The number of nitrogens with two attached hydrogens (primary N) is 2. The standard InChI is InChI=1S/C30H36ClFN8O2/c1-18(33)3-2-4-19-13-24(27(32)25(31)14-19)26-15-20-16-40(30(41)38-28(20)37-26)22-7-5-21(6-8-22)39-11-12-42-23(17-39)9-10-36-29(34)35/h5-8,13-16,18,23H,2-4,9-12,17,33H2,1H3,(H4,34,35,36)(H,37,38,41)/t18-,23+/m0/s1. The molecule has 1 aliphatic rings. The van der Waals surface area contributed by atoms with Gasteiger partial charge in [-0.2, -0.15) is 4.98 Å². The fourth-order valence-corrected chi connectivity index (χ4v) is 5.50. The van der Waals surface area contributed by atoms with Crippen LogP contribution < -0.4 is 27.4 Å². The van der Waals surface area contributed by atoms with Gasteiger partial charge in [-0.1, -0.05) is 11.6 Å². The Balaban J connectivity index is 1.35.